The monoisotopic (exact) mass is 220 g/mol. The van der Waals surface area contributed by atoms with E-state index in [-0.39, 0.29) is 0 Å². The fraction of sp³-hybridized carbons (Fsp3) is 0.769. The van der Waals surface area contributed by atoms with Gasteiger partial charge in [-0.15, -0.1) is 0 Å². The number of rotatable bonds is 5. The van der Waals surface area contributed by atoms with Crippen LogP contribution in [0.15, 0.2) is 10.6 Å². The van der Waals surface area contributed by atoms with E-state index in [1.54, 1.807) is 0 Å². The van der Waals surface area contributed by atoms with Crippen molar-refractivity contribution in [1.29, 1.82) is 0 Å². The molecule has 1 aromatic rings. The van der Waals surface area contributed by atoms with E-state index in [0.717, 1.165) is 48.8 Å². The molecule has 3 nitrogen and oxygen atoms in total. The molecule has 2 saturated carbocycles. The standard InChI is InChI=1S/C13H20N2O/c1-14-7-3-6-12-15-8-11(16-12)13-9-4-2-5-10(9)13/h8-10,13-14H,2-7H2,1H3. The summed E-state index contributed by atoms with van der Waals surface area (Å²) in [6, 6.07) is 0. The van der Waals surface area contributed by atoms with Crippen molar-refractivity contribution in [2.45, 2.75) is 38.0 Å². The van der Waals surface area contributed by atoms with Crippen LogP contribution >= 0.6 is 0 Å². The third-order valence-corrected chi connectivity index (χ3v) is 4.12. The number of aryl methyl sites for hydroxylation is 1. The number of nitrogens with one attached hydrogen (secondary N) is 1. The van der Waals surface area contributed by atoms with Crippen molar-refractivity contribution in [2.24, 2.45) is 11.8 Å². The molecule has 2 aliphatic carbocycles. The fourth-order valence-corrected chi connectivity index (χ4v) is 3.25. The first kappa shape index (κ1) is 10.3. The van der Waals surface area contributed by atoms with Gasteiger partial charge in [-0.2, -0.15) is 0 Å². The summed E-state index contributed by atoms with van der Waals surface area (Å²) in [4.78, 5) is 4.38. The Morgan fingerprint density at radius 3 is 3.00 bits per heavy atom. The lowest BCUT2D eigenvalue weighted by Gasteiger charge is -1.98. The van der Waals surface area contributed by atoms with E-state index in [0.29, 0.717) is 0 Å². The Hall–Kier alpha value is -0.830. The molecule has 0 bridgehead atoms. The first-order valence-corrected chi connectivity index (χ1v) is 6.49. The molecular formula is C13H20N2O. The van der Waals surface area contributed by atoms with Crippen LogP contribution in [0.3, 0.4) is 0 Å². The van der Waals surface area contributed by atoms with Crippen molar-refractivity contribution >= 4 is 0 Å². The highest BCUT2D eigenvalue weighted by Gasteiger charge is 2.54. The molecular weight excluding hydrogens is 200 g/mol. The quantitative estimate of drug-likeness (QED) is 0.774. The zero-order valence-corrected chi connectivity index (χ0v) is 9.91. The van der Waals surface area contributed by atoms with Gasteiger partial charge in [0, 0.05) is 12.3 Å². The maximum absolute atomic E-state index is 5.85. The van der Waals surface area contributed by atoms with Gasteiger partial charge >= 0.3 is 0 Å². The van der Waals surface area contributed by atoms with E-state index in [1.165, 1.54) is 19.3 Å². The number of aromatic nitrogens is 1. The molecule has 1 aromatic heterocycles. The SMILES string of the molecule is CNCCCc1ncc(C2C3CCCC32)o1. The number of nitrogens with zero attached hydrogens (tertiary/aromatic N) is 1. The smallest absolute Gasteiger partial charge is 0.194 e. The van der Waals surface area contributed by atoms with Crippen LogP contribution in [0.1, 0.15) is 43.3 Å². The van der Waals surface area contributed by atoms with Crippen molar-refractivity contribution in [2.75, 3.05) is 13.6 Å². The van der Waals surface area contributed by atoms with Gasteiger partial charge in [-0.25, -0.2) is 4.98 Å². The highest BCUT2D eigenvalue weighted by Crippen LogP contribution is 2.63. The predicted molar refractivity (Wildman–Crippen MR) is 62.3 cm³/mol. The van der Waals surface area contributed by atoms with Crippen molar-refractivity contribution in [3.8, 4) is 0 Å². The Kier molecular flexibility index (Phi) is 2.72. The molecule has 0 spiro atoms. The average molecular weight is 220 g/mol. The average Bonchev–Trinajstić information content (AvgIpc) is 2.75. The first-order chi connectivity index (χ1) is 7.90. The molecule has 0 saturated heterocycles. The topological polar surface area (TPSA) is 38.1 Å². The lowest BCUT2D eigenvalue weighted by molar-refractivity contribution is 0.434. The number of hydrogen-bond donors (Lipinski definition) is 1. The second-order valence-corrected chi connectivity index (χ2v) is 5.15. The van der Waals surface area contributed by atoms with Crippen molar-refractivity contribution in [3.05, 3.63) is 17.8 Å². The van der Waals surface area contributed by atoms with Crippen molar-refractivity contribution < 1.29 is 4.42 Å². The van der Waals surface area contributed by atoms with E-state index in [2.05, 4.69) is 10.3 Å². The Morgan fingerprint density at radius 1 is 1.44 bits per heavy atom. The first-order valence-electron chi connectivity index (χ1n) is 6.49. The van der Waals surface area contributed by atoms with Crippen molar-refractivity contribution in [3.63, 3.8) is 0 Å². The molecule has 2 atom stereocenters. The minimum Gasteiger partial charge on any atom is -0.445 e. The Labute approximate surface area is 96.6 Å². The van der Waals surface area contributed by atoms with Gasteiger partial charge in [-0.05, 0) is 44.7 Å². The molecule has 0 aromatic carbocycles. The Balaban J connectivity index is 1.57. The van der Waals surface area contributed by atoms with Crippen LogP contribution < -0.4 is 5.32 Å². The van der Waals surface area contributed by atoms with E-state index in [1.807, 2.05) is 13.2 Å². The molecule has 3 rings (SSSR count). The number of hydrogen-bond acceptors (Lipinski definition) is 3. The van der Waals surface area contributed by atoms with Gasteiger partial charge in [0.25, 0.3) is 0 Å². The van der Waals surface area contributed by atoms with E-state index in [9.17, 15) is 0 Å². The van der Waals surface area contributed by atoms with Gasteiger partial charge in [0.05, 0.1) is 6.20 Å². The predicted octanol–water partition coefficient (Wildman–Crippen LogP) is 2.34. The van der Waals surface area contributed by atoms with Crippen LogP contribution in [0.25, 0.3) is 0 Å². The largest absolute Gasteiger partial charge is 0.445 e. The molecule has 88 valence electrons. The van der Waals surface area contributed by atoms with Gasteiger partial charge < -0.3 is 9.73 Å². The fourth-order valence-electron chi connectivity index (χ4n) is 3.25. The molecule has 0 amide bonds. The third-order valence-electron chi connectivity index (χ3n) is 4.12. The molecule has 2 aliphatic rings. The summed E-state index contributed by atoms with van der Waals surface area (Å²) in [6.07, 6.45) is 8.28. The van der Waals surface area contributed by atoms with E-state index >= 15 is 0 Å². The number of oxazole rings is 1. The molecule has 2 fully saturated rings. The van der Waals surface area contributed by atoms with Crippen LogP contribution in [0.5, 0.6) is 0 Å². The summed E-state index contributed by atoms with van der Waals surface area (Å²) in [5.41, 5.74) is 0. The van der Waals surface area contributed by atoms with Crippen LogP contribution in [0.4, 0.5) is 0 Å². The summed E-state index contributed by atoms with van der Waals surface area (Å²) in [7, 11) is 1.98. The second kappa shape index (κ2) is 4.21. The van der Waals surface area contributed by atoms with Crippen LogP contribution in [-0.4, -0.2) is 18.6 Å². The molecule has 1 N–H and O–H groups in total. The van der Waals surface area contributed by atoms with E-state index < -0.39 is 0 Å². The minimum absolute atomic E-state index is 0.722. The zero-order valence-electron chi connectivity index (χ0n) is 9.91. The lowest BCUT2D eigenvalue weighted by atomic mass is 10.1. The summed E-state index contributed by atoms with van der Waals surface area (Å²) >= 11 is 0. The molecule has 2 unspecified atom stereocenters. The van der Waals surface area contributed by atoms with Crippen LogP contribution in [0, 0.1) is 11.8 Å². The Bertz CT molecular complexity index is 351. The maximum atomic E-state index is 5.85. The van der Waals surface area contributed by atoms with Crippen LogP contribution in [-0.2, 0) is 6.42 Å². The Morgan fingerprint density at radius 2 is 2.25 bits per heavy atom. The molecule has 1 heterocycles. The van der Waals surface area contributed by atoms with Gasteiger partial charge in [-0.1, -0.05) is 6.42 Å². The minimum atomic E-state index is 0.722. The van der Waals surface area contributed by atoms with E-state index in [4.69, 9.17) is 4.42 Å². The third kappa shape index (κ3) is 1.77. The molecule has 0 aliphatic heterocycles. The maximum Gasteiger partial charge on any atom is 0.194 e. The molecule has 3 heteroatoms. The normalized spacial score (nSPS) is 31.7. The van der Waals surface area contributed by atoms with Crippen LogP contribution in [0.2, 0.25) is 0 Å². The van der Waals surface area contributed by atoms with Gasteiger partial charge in [0.15, 0.2) is 5.89 Å². The molecule has 0 radical (unpaired) electrons. The van der Waals surface area contributed by atoms with Gasteiger partial charge in [-0.3, -0.25) is 0 Å². The highest BCUT2D eigenvalue weighted by molar-refractivity contribution is 5.19. The second-order valence-electron chi connectivity index (χ2n) is 5.15. The highest BCUT2D eigenvalue weighted by atomic mass is 16.4. The summed E-state index contributed by atoms with van der Waals surface area (Å²) in [6.45, 7) is 1.03. The lowest BCUT2D eigenvalue weighted by Crippen LogP contribution is -2.08. The zero-order chi connectivity index (χ0) is 11.0. The van der Waals surface area contributed by atoms with Crippen molar-refractivity contribution in [1.82, 2.24) is 10.3 Å². The summed E-state index contributed by atoms with van der Waals surface area (Å²) < 4.78 is 5.85. The number of fused-ring (bicyclic) bond motifs is 1. The summed E-state index contributed by atoms with van der Waals surface area (Å²) in [5, 5.41) is 3.14. The molecule has 16 heavy (non-hydrogen) atoms. The van der Waals surface area contributed by atoms with Gasteiger partial charge in [0.1, 0.15) is 5.76 Å². The summed E-state index contributed by atoms with van der Waals surface area (Å²) in [5.74, 6) is 4.67. The van der Waals surface area contributed by atoms with Gasteiger partial charge in [0.2, 0.25) is 0 Å².